The van der Waals surface area contributed by atoms with Gasteiger partial charge in [-0.25, -0.2) is 9.97 Å². The fourth-order valence-electron chi connectivity index (χ4n) is 3.54. The summed E-state index contributed by atoms with van der Waals surface area (Å²) in [5.74, 6) is 0.511. The molecule has 0 radical (unpaired) electrons. The van der Waals surface area contributed by atoms with E-state index in [-0.39, 0.29) is 11.9 Å². The Morgan fingerprint density at radius 1 is 1.15 bits per heavy atom. The van der Waals surface area contributed by atoms with Gasteiger partial charge in [0.15, 0.2) is 0 Å². The molecule has 1 atom stereocenters. The van der Waals surface area contributed by atoms with Crippen LogP contribution in [0.15, 0.2) is 60.9 Å². The number of carbonyl (C=O) groups is 1. The second kappa shape index (κ2) is 7.19. The zero-order chi connectivity index (χ0) is 18.8. The maximum absolute atomic E-state index is 12.6. The number of hydrogen-bond acceptors (Lipinski definition) is 4. The Bertz CT molecular complexity index is 968. The lowest BCUT2D eigenvalue weighted by Crippen LogP contribution is -2.25. The monoisotopic (exact) mass is 358 g/mol. The number of amides is 1. The average molecular weight is 358 g/mol. The van der Waals surface area contributed by atoms with Gasteiger partial charge in [-0.15, -0.1) is 0 Å². The van der Waals surface area contributed by atoms with Gasteiger partial charge in [0.1, 0.15) is 17.8 Å². The van der Waals surface area contributed by atoms with Gasteiger partial charge in [-0.1, -0.05) is 37.3 Å². The van der Waals surface area contributed by atoms with Crippen LogP contribution in [0.2, 0.25) is 0 Å². The first-order valence-electron chi connectivity index (χ1n) is 9.25. The zero-order valence-electron chi connectivity index (χ0n) is 15.5. The van der Waals surface area contributed by atoms with Crippen LogP contribution in [0.5, 0.6) is 0 Å². The highest BCUT2D eigenvalue weighted by Crippen LogP contribution is 2.37. The fraction of sp³-hybridized carbons (Fsp3) is 0.227. The molecular weight excluding hydrogens is 336 g/mol. The predicted molar refractivity (Wildman–Crippen MR) is 108 cm³/mol. The summed E-state index contributed by atoms with van der Waals surface area (Å²) in [5, 5.41) is 2.91. The van der Waals surface area contributed by atoms with Crippen LogP contribution in [0.25, 0.3) is 0 Å². The highest BCUT2D eigenvalue weighted by molar-refractivity contribution is 6.03. The second-order valence-corrected chi connectivity index (χ2v) is 6.82. The number of nitrogens with zero attached hydrogens (tertiary/aromatic N) is 3. The number of carbonyl (C=O) groups excluding carboxylic acids is 1. The van der Waals surface area contributed by atoms with Crippen molar-refractivity contribution >= 4 is 23.1 Å². The average Bonchev–Trinajstić information content (AvgIpc) is 3.04. The zero-order valence-corrected chi connectivity index (χ0v) is 15.5. The number of nitrogens with one attached hydrogen (secondary N) is 1. The highest BCUT2D eigenvalue weighted by atomic mass is 16.1. The van der Waals surface area contributed by atoms with E-state index in [1.807, 2.05) is 30.3 Å². The molecule has 0 fully saturated rings. The first-order chi connectivity index (χ1) is 13.2. The maximum atomic E-state index is 12.6. The number of hydrogen-bond donors (Lipinski definition) is 1. The molecule has 1 N–H and O–H groups in total. The molecule has 1 amide bonds. The van der Waals surface area contributed by atoms with E-state index in [2.05, 4.69) is 52.2 Å². The Labute approximate surface area is 159 Å². The first-order valence-corrected chi connectivity index (χ1v) is 9.25. The third kappa shape index (κ3) is 3.40. The van der Waals surface area contributed by atoms with Gasteiger partial charge in [0.25, 0.3) is 5.91 Å². The number of fused-ring (bicyclic) bond motifs is 1. The second-order valence-electron chi connectivity index (χ2n) is 6.82. The Kier molecular flexibility index (Phi) is 4.59. The molecular formula is C22H22N4O. The molecule has 1 unspecified atom stereocenters. The minimum Gasteiger partial charge on any atom is -0.323 e. The molecule has 2 aromatic carbocycles. The molecule has 1 aliphatic heterocycles. The van der Waals surface area contributed by atoms with Gasteiger partial charge in [-0.3, -0.25) is 4.79 Å². The molecule has 1 aromatic heterocycles. The lowest BCUT2D eigenvalue weighted by atomic mass is 10.1. The van der Waals surface area contributed by atoms with Crippen molar-refractivity contribution in [1.29, 1.82) is 0 Å². The van der Waals surface area contributed by atoms with Crippen molar-refractivity contribution in [2.24, 2.45) is 0 Å². The van der Waals surface area contributed by atoms with E-state index in [4.69, 9.17) is 0 Å². The van der Waals surface area contributed by atoms with E-state index in [9.17, 15) is 4.79 Å². The van der Waals surface area contributed by atoms with Crippen LogP contribution in [0.4, 0.5) is 17.2 Å². The van der Waals surface area contributed by atoms with Crippen LogP contribution >= 0.6 is 0 Å². The van der Waals surface area contributed by atoms with Crippen LogP contribution in [0, 0.1) is 0 Å². The van der Waals surface area contributed by atoms with Crippen LogP contribution in [0.3, 0.4) is 0 Å². The summed E-state index contributed by atoms with van der Waals surface area (Å²) in [5.41, 5.74) is 4.79. The molecule has 0 aliphatic carbocycles. The van der Waals surface area contributed by atoms with E-state index in [0.29, 0.717) is 5.69 Å². The Morgan fingerprint density at radius 3 is 2.70 bits per heavy atom. The summed E-state index contributed by atoms with van der Waals surface area (Å²) < 4.78 is 0. The molecule has 2 heterocycles. The van der Waals surface area contributed by atoms with Crippen molar-refractivity contribution in [1.82, 2.24) is 9.97 Å². The standard InChI is InChI=1S/C22H22N4O/c1-3-16-8-10-18(11-9-16)25-22(27)19-13-21(24-14-23-19)26-15(2)12-17-6-4-5-7-20(17)26/h4-11,13-15H,3,12H2,1-2H3,(H,25,27). The summed E-state index contributed by atoms with van der Waals surface area (Å²) >= 11 is 0. The van der Waals surface area contributed by atoms with Gasteiger partial charge in [0.05, 0.1) is 0 Å². The number of rotatable bonds is 4. The van der Waals surface area contributed by atoms with Gasteiger partial charge in [0, 0.05) is 23.5 Å². The first kappa shape index (κ1) is 17.2. The highest BCUT2D eigenvalue weighted by Gasteiger charge is 2.28. The van der Waals surface area contributed by atoms with Crippen LogP contribution < -0.4 is 10.2 Å². The Balaban J connectivity index is 1.58. The Hall–Kier alpha value is -3.21. The van der Waals surface area contributed by atoms with Gasteiger partial charge >= 0.3 is 0 Å². The lowest BCUT2D eigenvalue weighted by molar-refractivity contribution is 0.102. The molecule has 0 spiro atoms. The molecule has 0 saturated heterocycles. The van der Waals surface area contributed by atoms with Gasteiger partial charge < -0.3 is 10.2 Å². The lowest BCUT2D eigenvalue weighted by Gasteiger charge is -2.23. The van der Waals surface area contributed by atoms with E-state index < -0.39 is 0 Å². The summed E-state index contributed by atoms with van der Waals surface area (Å²) in [6.07, 6.45) is 3.39. The maximum Gasteiger partial charge on any atom is 0.274 e. The molecule has 4 rings (SSSR count). The number of anilines is 3. The van der Waals surface area contributed by atoms with Crippen molar-refractivity contribution < 1.29 is 4.79 Å². The van der Waals surface area contributed by atoms with Crippen LogP contribution in [0.1, 0.15) is 35.5 Å². The number of aromatic nitrogens is 2. The van der Waals surface area contributed by atoms with Crippen molar-refractivity contribution in [3.05, 3.63) is 77.7 Å². The molecule has 1 aliphatic rings. The third-order valence-corrected chi connectivity index (χ3v) is 4.96. The normalized spacial score (nSPS) is 15.5. The van der Waals surface area contributed by atoms with Crippen LogP contribution in [-0.4, -0.2) is 21.9 Å². The number of benzene rings is 2. The summed E-state index contributed by atoms with van der Waals surface area (Å²) in [6, 6.07) is 18.2. The predicted octanol–water partition coefficient (Wildman–Crippen LogP) is 4.37. The molecule has 5 nitrogen and oxygen atoms in total. The topological polar surface area (TPSA) is 58.1 Å². The fourth-order valence-corrected chi connectivity index (χ4v) is 3.54. The molecule has 136 valence electrons. The van der Waals surface area contributed by atoms with Crippen molar-refractivity contribution in [2.75, 3.05) is 10.2 Å². The summed E-state index contributed by atoms with van der Waals surface area (Å²) in [6.45, 7) is 4.27. The van der Waals surface area contributed by atoms with Gasteiger partial charge in [0.2, 0.25) is 0 Å². The van der Waals surface area contributed by atoms with Crippen molar-refractivity contribution in [2.45, 2.75) is 32.7 Å². The Morgan fingerprint density at radius 2 is 1.93 bits per heavy atom. The van der Waals surface area contributed by atoms with Crippen molar-refractivity contribution in [3.63, 3.8) is 0 Å². The minimum absolute atomic E-state index is 0.233. The molecule has 5 heteroatoms. The largest absolute Gasteiger partial charge is 0.323 e. The third-order valence-electron chi connectivity index (χ3n) is 4.96. The molecule has 0 bridgehead atoms. The summed E-state index contributed by atoms with van der Waals surface area (Å²) in [7, 11) is 0. The van der Waals surface area contributed by atoms with Crippen molar-refractivity contribution in [3.8, 4) is 0 Å². The molecule has 27 heavy (non-hydrogen) atoms. The number of para-hydroxylation sites is 1. The number of aryl methyl sites for hydroxylation is 1. The van der Waals surface area contributed by atoms with Gasteiger partial charge in [-0.05, 0) is 49.1 Å². The van der Waals surface area contributed by atoms with E-state index in [1.54, 1.807) is 6.07 Å². The quantitative estimate of drug-likeness (QED) is 0.752. The SMILES string of the molecule is CCc1ccc(NC(=O)c2cc(N3c4ccccc4CC3C)ncn2)cc1. The minimum atomic E-state index is -0.233. The van der Waals surface area contributed by atoms with Crippen LogP contribution in [-0.2, 0) is 12.8 Å². The van der Waals surface area contributed by atoms with E-state index >= 15 is 0 Å². The smallest absolute Gasteiger partial charge is 0.274 e. The van der Waals surface area contributed by atoms with E-state index in [1.165, 1.54) is 17.5 Å². The summed E-state index contributed by atoms with van der Waals surface area (Å²) in [4.78, 5) is 23.4. The van der Waals surface area contributed by atoms with E-state index in [0.717, 1.165) is 30.0 Å². The molecule has 3 aromatic rings. The van der Waals surface area contributed by atoms with Gasteiger partial charge in [-0.2, -0.15) is 0 Å². The molecule has 0 saturated carbocycles.